The van der Waals surface area contributed by atoms with Gasteiger partial charge < -0.3 is 5.11 Å². The van der Waals surface area contributed by atoms with Crippen molar-refractivity contribution in [3.05, 3.63) is 11.0 Å². The van der Waals surface area contributed by atoms with Gasteiger partial charge >= 0.3 is 5.97 Å². The van der Waals surface area contributed by atoms with Gasteiger partial charge in [-0.25, -0.2) is 4.79 Å². The summed E-state index contributed by atoms with van der Waals surface area (Å²) in [5.41, 5.74) is 0.431. The highest BCUT2D eigenvalue weighted by molar-refractivity contribution is 8.02. The second-order valence-corrected chi connectivity index (χ2v) is 4.01. The molecule has 0 aromatic rings. The van der Waals surface area contributed by atoms with Gasteiger partial charge in [-0.1, -0.05) is 26.2 Å². The molecule has 1 N–H and O–H groups in total. The molecule has 76 valence electrons. The Bertz CT molecular complexity index is 176. The van der Waals surface area contributed by atoms with E-state index in [4.69, 9.17) is 5.11 Å². The summed E-state index contributed by atoms with van der Waals surface area (Å²) in [7, 11) is 0. The zero-order chi connectivity index (χ0) is 10.1. The highest BCUT2D eigenvalue weighted by Gasteiger charge is 1.97. The van der Waals surface area contributed by atoms with E-state index in [0.717, 1.165) is 5.75 Å². The molecule has 0 aliphatic rings. The fraction of sp³-hybridized carbons (Fsp3) is 0.700. The van der Waals surface area contributed by atoms with Crippen molar-refractivity contribution in [1.29, 1.82) is 0 Å². The van der Waals surface area contributed by atoms with Crippen molar-refractivity contribution in [3.63, 3.8) is 0 Å². The summed E-state index contributed by atoms with van der Waals surface area (Å²) in [5.74, 6) is 0.214. The molecule has 0 heterocycles. The lowest BCUT2D eigenvalue weighted by Crippen LogP contribution is -1.94. The maximum absolute atomic E-state index is 10.4. The molecule has 0 saturated heterocycles. The van der Waals surface area contributed by atoms with Crippen LogP contribution in [0.3, 0.4) is 0 Å². The first-order chi connectivity index (χ1) is 6.18. The highest BCUT2D eigenvalue weighted by atomic mass is 32.2. The van der Waals surface area contributed by atoms with Crippen molar-refractivity contribution in [2.24, 2.45) is 0 Å². The minimum atomic E-state index is -0.818. The number of thioether (sulfide) groups is 1. The first-order valence-corrected chi connectivity index (χ1v) is 5.75. The molecule has 0 aliphatic heterocycles. The van der Waals surface area contributed by atoms with Crippen molar-refractivity contribution in [1.82, 2.24) is 0 Å². The van der Waals surface area contributed by atoms with E-state index in [1.807, 2.05) is 0 Å². The Morgan fingerprint density at radius 2 is 2.08 bits per heavy atom. The van der Waals surface area contributed by atoms with Gasteiger partial charge in [-0.15, -0.1) is 11.8 Å². The Labute approximate surface area is 84.4 Å². The third-order valence-corrected chi connectivity index (χ3v) is 2.76. The van der Waals surface area contributed by atoms with E-state index in [-0.39, 0.29) is 0 Å². The van der Waals surface area contributed by atoms with Crippen LogP contribution >= 0.6 is 11.8 Å². The average molecular weight is 202 g/mol. The molecule has 0 bridgehead atoms. The Morgan fingerprint density at radius 1 is 1.38 bits per heavy atom. The largest absolute Gasteiger partial charge is 0.478 e. The molecule has 0 spiro atoms. The fourth-order valence-corrected chi connectivity index (χ4v) is 1.69. The molecule has 0 aliphatic carbocycles. The monoisotopic (exact) mass is 202 g/mol. The fourth-order valence-electron chi connectivity index (χ4n) is 0.847. The first-order valence-electron chi connectivity index (χ1n) is 4.70. The van der Waals surface area contributed by atoms with Gasteiger partial charge in [0.25, 0.3) is 0 Å². The summed E-state index contributed by atoms with van der Waals surface area (Å²) in [6.45, 7) is 3.81. The Morgan fingerprint density at radius 3 is 2.62 bits per heavy atom. The first kappa shape index (κ1) is 12.6. The molecular formula is C10H18O2S. The van der Waals surface area contributed by atoms with Crippen LogP contribution in [-0.2, 0) is 4.79 Å². The topological polar surface area (TPSA) is 37.3 Å². The van der Waals surface area contributed by atoms with Gasteiger partial charge in [0.05, 0.1) is 0 Å². The molecule has 0 fully saturated rings. The van der Waals surface area contributed by atoms with E-state index in [1.54, 1.807) is 24.1 Å². The summed E-state index contributed by atoms with van der Waals surface area (Å²) < 4.78 is 0. The average Bonchev–Trinajstić information content (AvgIpc) is 2.10. The molecule has 13 heavy (non-hydrogen) atoms. The zero-order valence-electron chi connectivity index (χ0n) is 8.38. The third kappa shape index (κ3) is 7.91. The van der Waals surface area contributed by atoms with E-state index in [0.29, 0.717) is 5.57 Å². The Kier molecular flexibility index (Phi) is 7.90. The van der Waals surface area contributed by atoms with Crippen molar-refractivity contribution >= 4 is 17.7 Å². The predicted octanol–water partition coefficient (Wildman–Crippen LogP) is 3.29. The lowest BCUT2D eigenvalue weighted by molar-refractivity contribution is -0.132. The van der Waals surface area contributed by atoms with Crippen LogP contribution in [0.5, 0.6) is 0 Å². The van der Waals surface area contributed by atoms with E-state index >= 15 is 0 Å². The molecule has 0 aromatic carbocycles. The summed E-state index contributed by atoms with van der Waals surface area (Å²) >= 11 is 1.60. The van der Waals surface area contributed by atoms with E-state index in [9.17, 15) is 4.79 Å². The van der Waals surface area contributed by atoms with Crippen molar-refractivity contribution in [2.45, 2.75) is 39.5 Å². The molecule has 0 saturated carbocycles. The number of unbranched alkanes of at least 4 members (excludes halogenated alkanes) is 3. The van der Waals surface area contributed by atoms with Crippen LogP contribution in [-0.4, -0.2) is 16.8 Å². The van der Waals surface area contributed by atoms with Crippen LogP contribution in [0.15, 0.2) is 11.0 Å². The van der Waals surface area contributed by atoms with Crippen LogP contribution in [0.25, 0.3) is 0 Å². The van der Waals surface area contributed by atoms with E-state index in [2.05, 4.69) is 6.92 Å². The molecule has 0 radical (unpaired) electrons. The van der Waals surface area contributed by atoms with Gasteiger partial charge in [-0.3, -0.25) is 0 Å². The van der Waals surface area contributed by atoms with Gasteiger partial charge in [0, 0.05) is 5.57 Å². The second kappa shape index (κ2) is 8.17. The van der Waals surface area contributed by atoms with E-state index in [1.165, 1.54) is 25.7 Å². The van der Waals surface area contributed by atoms with Gasteiger partial charge in [0.15, 0.2) is 0 Å². The van der Waals surface area contributed by atoms with Crippen LogP contribution in [0.1, 0.15) is 39.5 Å². The standard InChI is InChI=1S/C10H18O2S/c1-3-4-5-6-7-13-8-9(2)10(11)12/h8H,3-7H2,1-2H3,(H,11,12)/b9-8+. The van der Waals surface area contributed by atoms with Gasteiger partial charge in [-0.05, 0) is 24.5 Å². The molecule has 0 unspecified atom stereocenters. The molecular weight excluding hydrogens is 184 g/mol. The van der Waals surface area contributed by atoms with Crippen molar-refractivity contribution < 1.29 is 9.90 Å². The normalized spacial score (nSPS) is 11.7. The predicted molar refractivity (Wildman–Crippen MR) is 58.0 cm³/mol. The minimum Gasteiger partial charge on any atom is -0.478 e. The van der Waals surface area contributed by atoms with Gasteiger partial charge in [0.2, 0.25) is 0 Å². The third-order valence-electron chi connectivity index (χ3n) is 1.71. The Balaban J connectivity index is 3.34. The molecule has 0 amide bonds. The summed E-state index contributed by atoms with van der Waals surface area (Å²) in [4.78, 5) is 10.4. The van der Waals surface area contributed by atoms with Crippen molar-refractivity contribution in [2.75, 3.05) is 5.75 Å². The summed E-state index contributed by atoms with van der Waals surface area (Å²) in [5, 5.41) is 10.3. The minimum absolute atomic E-state index is 0.431. The lowest BCUT2D eigenvalue weighted by Gasteiger charge is -1.97. The van der Waals surface area contributed by atoms with Crippen LogP contribution in [0.4, 0.5) is 0 Å². The molecule has 0 atom stereocenters. The number of hydrogen-bond acceptors (Lipinski definition) is 2. The molecule has 0 rings (SSSR count). The van der Waals surface area contributed by atoms with Gasteiger partial charge in [0.1, 0.15) is 0 Å². The number of hydrogen-bond donors (Lipinski definition) is 1. The van der Waals surface area contributed by atoms with Crippen molar-refractivity contribution in [3.8, 4) is 0 Å². The number of rotatable bonds is 7. The molecule has 0 aromatic heterocycles. The maximum atomic E-state index is 10.4. The summed E-state index contributed by atoms with van der Waals surface area (Å²) in [6.07, 6.45) is 4.96. The van der Waals surface area contributed by atoms with Crippen LogP contribution in [0, 0.1) is 0 Å². The summed E-state index contributed by atoms with van der Waals surface area (Å²) in [6, 6.07) is 0. The van der Waals surface area contributed by atoms with Crippen LogP contribution in [0.2, 0.25) is 0 Å². The number of carbonyl (C=O) groups is 1. The number of carboxylic acids is 1. The Hall–Kier alpha value is -0.440. The number of aliphatic carboxylic acids is 1. The lowest BCUT2D eigenvalue weighted by atomic mass is 10.2. The van der Waals surface area contributed by atoms with Crippen LogP contribution < -0.4 is 0 Å². The quantitative estimate of drug-likeness (QED) is 0.508. The maximum Gasteiger partial charge on any atom is 0.331 e. The zero-order valence-corrected chi connectivity index (χ0v) is 9.19. The SMILES string of the molecule is CCCCCCS/C=C(\C)C(=O)O. The smallest absolute Gasteiger partial charge is 0.331 e. The van der Waals surface area contributed by atoms with Gasteiger partial charge in [-0.2, -0.15) is 0 Å². The highest BCUT2D eigenvalue weighted by Crippen LogP contribution is 2.11. The molecule has 3 heteroatoms. The molecule has 2 nitrogen and oxygen atoms in total. The van der Waals surface area contributed by atoms with E-state index < -0.39 is 5.97 Å². The number of carboxylic acid groups (broad SMARTS) is 1. The second-order valence-electron chi connectivity index (χ2n) is 3.04.